The molecule has 0 atom stereocenters. The molecule has 7 heteroatoms. The molecule has 0 saturated heterocycles. The van der Waals surface area contributed by atoms with Gasteiger partial charge in [0.25, 0.3) is 0 Å². The maximum Gasteiger partial charge on any atom is 0.234 e. The number of carbonyl (C=O) groups is 2. The van der Waals surface area contributed by atoms with Crippen molar-refractivity contribution in [2.24, 2.45) is 5.41 Å². The highest BCUT2D eigenvalue weighted by atomic mass is 32.2. The smallest absolute Gasteiger partial charge is 0.234 e. The number of amides is 2. The maximum atomic E-state index is 12.4. The van der Waals surface area contributed by atoms with Gasteiger partial charge >= 0.3 is 0 Å². The third-order valence-corrected chi connectivity index (χ3v) is 5.88. The normalized spacial score (nSPS) is 11.4. The van der Waals surface area contributed by atoms with Crippen LogP contribution < -0.4 is 10.6 Å². The molecule has 0 aliphatic rings. The van der Waals surface area contributed by atoms with E-state index in [1.165, 1.54) is 11.8 Å². The number of nitrogens with one attached hydrogen (secondary N) is 2. The average molecular weight is 474 g/mol. The molecule has 34 heavy (non-hydrogen) atoms. The van der Waals surface area contributed by atoms with Crippen LogP contribution in [0.25, 0.3) is 22.6 Å². The van der Waals surface area contributed by atoms with E-state index in [0.29, 0.717) is 18.0 Å². The van der Waals surface area contributed by atoms with Crippen molar-refractivity contribution in [1.82, 2.24) is 4.98 Å². The molecule has 0 aliphatic carbocycles. The lowest BCUT2D eigenvalue weighted by Gasteiger charge is -2.17. The summed E-state index contributed by atoms with van der Waals surface area (Å²) in [4.78, 5) is 30.0. The molecule has 4 aromatic rings. The Morgan fingerprint density at radius 1 is 0.882 bits per heavy atom. The SMILES string of the molecule is CC(C)(C)CC(=O)Nc1cccc(SCC(=O)Nc2ccc(-c3nc4ccccc4o3)cc2)c1. The van der Waals surface area contributed by atoms with Crippen molar-refractivity contribution in [2.45, 2.75) is 32.1 Å². The van der Waals surface area contributed by atoms with Crippen LogP contribution in [0.1, 0.15) is 27.2 Å². The summed E-state index contributed by atoms with van der Waals surface area (Å²) in [6, 6.07) is 22.6. The number of nitrogens with zero attached hydrogens (tertiary/aromatic N) is 1. The van der Waals surface area contributed by atoms with Crippen LogP contribution in [0.2, 0.25) is 0 Å². The van der Waals surface area contributed by atoms with Gasteiger partial charge in [-0.2, -0.15) is 0 Å². The molecule has 0 fully saturated rings. The van der Waals surface area contributed by atoms with Crippen LogP contribution in [-0.2, 0) is 9.59 Å². The molecular weight excluding hydrogens is 446 g/mol. The van der Waals surface area contributed by atoms with Crippen molar-refractivity contribution in [2.75, 3.05) is 16.4 Å². The Balaban J connectivity index is 1.30. The number of fused-ring (bicyclic) bond motifs is 1. The van der Waals surface area contributed by atoms with Gasteiger partial charge < -0.3 is 15.1 Å². The highest BCUT2D eigenvalue weighted by Crippen LogP contribution is 2.26. The molecule has 1 aromatic heterocycles. The molecule has 3 aromatic carbocycles. The van der Waals surface area contributed by atoms with Gasteiger partial charge in [0.1, 0.15) is 5.52 Å². The molecule has 0 radical (unpaired) electrons. The summed E-state index contributed by atoms with van der Waals surface area (Å²) in [6.45, 7) is 6.09. The van der Waals surface area contributed by atoms with Crippen molar-refractivity contribution in [1.29, 1.82) is 0 Å². The minimum atomic E-state index is -0.109. The fourth-order valence-electron chi connectivity index (χ4n) is 3.39. The number of carbonyl (C=O) groups excluding carboxylic acids is 2. The lowest BCUT2D eigenvalue weighted by Crippen LogP contribution is -2.19. The quantitative estimate of drug-likeness (QED) is 0.295. The molecule has 0 aliphatic heterocycles. The molecule has 0 spiro atoms. The fourth-order valence-corrected chi connectivity index (χ4v) is 4.14. The van der Waals surface area contributed by atoms with Gasteiger partial charge in [-0.05, 0) is 60.0 Å². The van der Waals surface area contributed by atoms with Crippen molar-refractivity contribution in [3.63, 3.8) is 0 Å². The second-order valence-corrected chi connectivity index (χ2v) is 10.3. The van der Waals surface area contributed by atoms with Crippen molar-refractivity contribution in [3.05, 3.63) is 72.8 Å². The molecule has 1 heterocycles. The van der Waals surface area contributed by atoms with E-state index in [9.17, 15) is 9.59 Å². The van der Waals surface area contributed by atoms with Gasteiger partial charge in [-0.1, -0.05) is 39.0 Å². The van der Waals surface area contributed by atoms with Crippen molar-refractivity contribution in [3.8, 4) is 11.5 Å². The number of aromatic nitrogens is 1. The van der Waals surface area contributed by atoms with Crippen LogP contribution in [0, 0.1) is 5.41 Å². The molecule has 0 bridgehead atoms. The predicted octanol–water partition coefficient (Wildman–Crippen LogP) is 6.60. The van der Waals surface area contributed by atoms with Crippen molar-refractivity contribution < 1.29 is 14.0 Å². The minimum Gasteiger partial charge on any atom is -0.436 e. The van der Waals surface area contributed by atoms with E-state index >= 15 is 0 Å². The number of hydrogen-bond acceptors (Lipinski definition) is 5. The van der Waals surface area contributed by atoms with E-state index in [0.717, 1.165) is 27.2 Å². The first-order valence-electron chi connectivity index (χ1n) is 11.0. The third kappa shape index (κ3) is 6.48. The fraction of sp³-hybridized carbons (Fsp3) is 0.222. The number of hydrogen-bond donors (Lipinski definition) is 2. The molecule has 0 saturated carbocycles. The Morgan fingerprint density at radius 2 is 1.62 bits per heavy atom. The van der Waals surface area contributed by atoms with Crippen LogP contribution in [-0.4, -0.2) is 22.6 Å². The van der Waals surface area contributed by atoms with E-state index in [-0.39, 0.29) is 23.0 Å². The number of anilines is 2. The number of oxazole rings is 1. The van der Waals surface area contributed by atoms with E-state index in [1.807, 2.05) is 93.6 Å². The minimum absolute atomic E-state index is 0.0197. The third-order valence-electron chi connectivity index (χ3n) is 4.89. The van der Waals surface area contributed by atoms with Crippen LogP contribution in [0.15, 0.2) is 82.1 Å². The molecule has 2 N–H and O–H groups in total. The molecular formula is C27H27N3O3S. The Morgan fingerprint density at radius 3 is 2.35 bits per heavy atom. The Bertz CT molecular complexity index is 1270. The van der Waals surface area contributed by atoms with Crippen LogP contribution in [0.4, 0.5) is 11.4 Å². The molecule has 2 amide bonds. The molecule has 6 nitrogen and oxygen atoms in total. The van der Waals surface area contributed by atoms with Gasteiger partial charge in [0.05, 0.1) is 5.75 Å². The summed E-state index contributed by atoms with van der Waals surface area (Å²) in [5.41, 5.74) is 3.75. The second-order valence-electron chi connectivity index (χ2n) is 9.21. The highest BCUT2D eigenvalue weighted by Gasteiger charge is 2.16. The number of para-hydroxylation sites is 2. The van der Waals surface area contributed by atoms with Crippen LogP contribution in [0.5, 0.6) is 0 Å². The first-order chi connectivity index (χ1) is 16.2. The van der Waals surface area contributed by atoms with E-state index < -0.39 is 0 Å². The summed E-state index contributed by atoms with van der Waals surface area (Å²) < 4.78 is 5.79. The Labute approximate surface area is 203 Å². The summed E-state index contributed by atoms with van der Waals surface area (Å²) in [7, 11) is 0. The number of rotatable bonds is 7. The van der Waals surface area contributed by atoms with Gasteiger partial charge in [0.2, 0.25) is 17.7 Å². The Kier molecular flexibility index (Phi) is 7.03. The lowest BCUT2D eigenvalue weighted by molar-refractivity contribution is -0.118. The van der Waals surface area contributed by atoms with E-state index in [4.69, 9.17) is 4.42 Å². The largest absolute Gasteiger partial charge is 0.436 e. The van der Waals surface area contributed by atoms with Gasteiger partial charge in [0.15, 0.2) is 5.58 Å². The monoisotopic (exact) mass is 473 g/mol. The first kappa shape index (κ1) is 23.6. The van der Waals surface area contributed by atoms with Crippen LogP contribution in [0.3, 0.4) is 0 Å². The van der Waals surface area contributed by atoms with Crippen molar-refractivity contribution >= 4 is 46.1 Å². The number of benzene rings is 3. The van der Waals surface area contributed by atoms with E-state index in [2.05, 4.69) is 15.6 Å². The molecule has 174 valence electrons. The molecule has 4 rings (SSSR count). The van der Waals surface area contributed by atoms with Gasteiger partial charge in [0, 0.05) is 28.3 Å². The summed E-state index contributed by atoms with van der Waals surface area (Å²) in [5, 5.41) is 5.84. The summed E-state index contributed by atoms with van der Waals surface area (Å²) in [6.07, 6.45) is 0.442. The maximum absolute atomic E-state index is 12.4. The zero-order chi connectivity index (χ0) is 24.1. The van der Waals surface area contributed by atoms with Gasteiger partial charge in [-0.25, -0.2) is 4.98 Å². The zero-order valence-electron chi connectivity index (χ0n) is 19.4. The van der Waals surface area contributed by atoms with Gasteiger partial charge in [-0.3, -0.25) is 9.59 Å². The zero-order valence-corrected chi connectivity index (χ0v) is 20.2. The lowest BCUT2D eigenvalue weighted by atomic mass is 9.92. The van der Waals surface area contributed by atoms with Crippen LogP contribution >= 0.6 is 11.8 Å². The second kappa shape index (κ2) is 10.1. The summed E-state index contributed by atoms with van der Waals surface area (Å²) >= 11 is 1.42. The first-order valence-corrected chi connectivity index (χ1v) is 12.0. The van der Waals surface area contributed by atoms with Gasteiger partial charge in [-0.15, -0.1) is 11.8 Å². The molecule has 0 unspecified atom stereocenters. The number of thioether (sulfide) groups is 1. The Hall–Kier alpha value is -3.58. The average Bonchev–Trinajstić information content (AvgIpc) is 3.21. The topological polar surface area (TPSA) is 84.2 Å². The summed E-state index contributed by atoms with van der Waals surface area (Å²) in [5.74, 6) is 0.672. The predicted molar refractivity (Wildman–Crippen MR) is 138 cm³/mol. The van der Waals surface area contributed by atoms with E-state index in [1.54, 1.807) is 0 Å². The highest BCUT2D eigenvalue weighted by molar-refractivity contribution is 8.00. The standard InChI is InChI=1S/C27H27N3O3S/c1-27(2,3)16-24(31)29-20-7-6-8-21(15-20)34-17-25(32)28-19-13-11-18(12-14-19)26-30-22-9-4-5-10-23(22)33-26/h4-15H,16-17H2,1-3H3,(H,28,32)(H,29,31).